The number of hydrogen-bond donors (Lipinski definition) is 1. The van der Waals surface area contributed by atoms with E-state index in [0.717, 1.165) is 18.8 Å². The summed E-state index contributed by atoms with van der Waals surface area (Å²) in [5, 5.41) is 17.0. The fourth-order valence-electron chi connectivity index (χ4n) is 1.70. The van der Waals surface area contributed by atoms with Crippen molar-refractivity contribution in [2.24, 2.45) is 0 Å². The SMILES string of the molecule is CCCN(c1ccc(CO)nn1)C1CC1. The fourth-order valence-corrected chi connectivity index (χ4v) is 1.70. The molecule has 0 amide bonds. The van der Waals surface area contributed by atoms with E-state index in [2.05, 4.69) is 22.0 Å². The predicted molar refractivity (Wildman–Crippen MR) is 58.6 cm³/mol. The van der Waals surface area contributed by atoms with Crippen molar-refractivity contribution in [3.05, 3.63) is 17.8 Å². The largest absolute Gasteiger partial charge is 0.390 e. The molecule has 0 atom stereocenters. The Bertz CT molecular complexity index is 308. The highest BCUT2D eigenvalue weighted by Crippen LogP contribution is 2.30. The van der Waals surface area contributed by atoms with Crippen LogP contribution in [0.2, 0.25) is 0 Å². The maximum absolute atomic E-state index is 8.88. The first-order valence-corrected chi connectivity index (χ1v) is 5.55. The van der Waals surface area contributed by atoms with Crippen LogP contribution in [0.3, 0.4) is 0 Å². The third kappa shape index (κ3) is 2.45. The molecular formula is C11H17N3O. The molecule has 0 aliphatic heterocycles. The molecule has 0 unspecified atom stereocenters. The van der Waals surface area contributed by atoms with Gasteiger partial charge in [-0.3, -0.25) is 0 Å². The zero-order valence-electron chi connectivity index (χ0n) is 9.06. The van der Waals surface area contributed by atoms with E-state index in [1.165, 1.54) is 12.8 Å². The number of rotatable bonds is 5. The van der Waals surface area contributed by atoms with Crippen LogP contribution in [0.5, 0.6) is 0 Å². The molecule has 1 aromatic heterocycles. The Morgan fingerprint density at radius 2 is 2.20 bits per heavy atom. The molecule has 1 aliphatic rings. The summed E-state index contributed by atoms with van der Waals surface area (Å²) >= 11 is 0. The minimum Gasteiger partial charge on any atom is -0.390 e. The summed E-state index contributed by atoms with van der Waals surface area (Å²) in [5.74, 6) is 0.941. The molecule has 1 fully saturated rings. The van der Waals surface area contributed by atoms with Crippen LogP contribution in [0.4, 0.5) is 5.82 Å². The monoisotopic (exact) mass is 207 g/mol. The van der Waals surface area contributed by atoms with Gasteiger partial charge in [0.2, 0.25) is 0 Å². The predicted octanol–water partition coefficient (Wildman–Crippen LogP) is 1.35. The van der Waals surface area contributed by atoms with Gasteiger partial charge in [0.1, 0.15) is 0 Å². The summed E-state index contributed by atoms with van der Waals surface area (Å²) in [6.07, 6.45) is 3.66. The van der Waals surface area contributed by atoms with E-state index in [9.17, 15) is 0 Å². The van der Waals surface area contributed by atoms with E-state index in [0.29, 0.717) is 11.7 Å². The van der Waals surface area contributed by atoms with Crippen LogP contribution in [0.15, 0.2) is 12.1 Å². The molecule has 1 aliphatic carbocycles. The number of nitrogens with zero attached hydrogens (tertiary/aromatic N) is 3. The van der Waals surface area contributed by atoms with Gasteiger partial charge in [-0.1, -0.05) is 6.92 Å². The van der Waals surface area contributed by atoms with Crippen LogP contribution < -0.4 is 4.90 Å². The third-order valence-electron chi connectivity index (χ3n) is 2.61. The van der Waals surface area contributed by atoms with Crippen LogP contribution in [-0.2, 0) is 6.61 Å². The maximum atomic E-state index is 8.88. The van der Waals surface area contributed by atoms with Gasteiger partial charge < -0.3 is 10.0 Å². The molecule has 1 saturated carbocycles. The molecule has 4 nitrogen and oxygen atoms in total. The van der Waals surface area contributed by atoms with Gasteiger partial charge in [0.25, 0.3) is 0 Å². The van der Waals surface area contributed by atoms with Crippen molar-refractivity contribution in [3.63, 3.8) is 0 Å². The molecule has 0 aromatic carbocycles. The van der Waals surface area contributed by atoms with Crippen molar-refractivity contribution < 1.29 is 5.11 Å². The number of aliphatic hydroxyl groups is 1. The molecule has 1 N–H and O–H groups in total. The van der Waals surface area contributed by atoms with E-state index in [4.69, 9.17) is 5.11 Å². The highest BCUT2D eigenvalue weighted by molar-refractivity contribution is 5.40. The normalized spacial score (nSPS) is 15.3. The maximum Gasteiger partial charge on any atom is 0.151 e. The van der Waals surface area contributed by atoms with Crippen LogP contribution in [0.1, 0.15) is 31.9 Å². The summed E-state index contributed by atoms with van der Waals surface area (Å²) in [5.41, 5.74) is 0.631. The lowest BCUT2D eigenvalue weighted by atomic mass is 10.3. The van der Waals surface area contributed by atoms with Crippen LogP contribution in [0, 0.1) is 0 Å². The first-order chi connectivity index (χ1) is 7.35. The average Bonchev–Trinajstić information content (AvgIpc) is 3.10. The smallest absolute Gasteiger partial charge is 0.151 e. The van der Waals surface area contributed by atoms with E-state index in [-0.39, 0.29) is 6.61 Å². The molecule has 82 valence electrons. The van der Waals surface area contributed by atoms with Crippen molar-refractivity contribution in [3.8, 4) is 0 Å². The van der Waals surface area contributed by atoms with Crippen molar-refractivity contribution in [2.75, 3.05) is 11.4 Å². The van der Waals surface area contributed by atoms with Gasteiger partial charge in [-0.2, -0.15) is 5.10 Å². The van der Waals surface area contributed by atoms with Crippen molar-refractivity contribution in [1.82, 2.24) is 10.2 Å². The van der Waals surface area contributed by atoms with Gasteiger partial charge in [-0.05, 0) is 31.4 Å². The van der Waals surface area contributed by atoms with Crippen molar-refractivity contribution in [1.29, 1.82) is 0 Å². The van der Waals surface area contributed by atoms with Crippen LogP contribution in [0.25, 0.3) is 0 Å². The van der Waals surface area contributed by atoms with Crippen LogP contribution in [-0.4, -0.2) is 27.9 Å². The summed E-state index contributed by atoms with van der Waals surface area (Å²) < 4.78 is 0. The van der Waals surface area contributed by atoms with Crippen molar-refractivity contribution >= 4 is 5.82 Å². The summed E-state index contributed by atoms with van der Waals surface area (Å²) in [6, 6.07) is 4.46. The van der Waals surface area contributed by atoms with E-state index >= 15 is 0 Å². The number of hydrogen-bond acceptors (Lipinski definition) is 4. The Morgan fingerprint density at radius 3 is 2.67 bits per heavy atom. The second-order valence-corrected chi connectivity index (χ2v) is 3.97. The standard InChI is InChI=1S/C11H17N3O/c1-2-7-14(10-4-5-10)11-6-3-9(8-15)12-13-11/h3,6,10,15H,2,4-5,7-8H2,1H3. The zero-order chi connectivity index (χ0) is 10.7. The van der Waals surface area contributed by atoms with Gasteiger partial charge >= 0.3 is 0 Å². The molecule has 1 aromatic rings. The Hall–Kier alpha value is -1.16. The summed E-state index contributed by atoms with van der Waals surface area (Å²) in [4.78, 5) is 2.31. The molecule has 0 spiro atoms. The number of aromatic nitrogens is 2. The van der Waals surface area contributed by atoms with Crippen LogP contribution >= 0.6 is 0 Å². The minimum atomic E-state index is -0.0372. The number of anilines is 1. The molecule has 15 heavy (non-hydrogen) atoms. The van der Waals surface area contributed by atoms with Gasteiger partial charge in [-0.15, -0.1) is 5.10 Å². The summed E-state index contributed by atoms with van der Waals surface area (Å²) in [6.45, 7) is 3.17. The second-order valence-electron chi connectivity index (χ2n) is 3.97. The Balaban J connectivity index is 2.10. The van der Waals surface area contributed by atoms with Gasteiger partial charge in [-0.25, -0.2) is 0 Å². The minimum absolute atomic E-state index is 0.0372. The molecular weight excluding hydrogens is 190 g/mol. The lowest BCUT2D eigenvalue weighted by Crippen LogP contribution is -2.27. The molecule has 1 heterocycles. The molecule has 2 rings (SSSR count). The zero-order valence-corrected chi connectivity index (χ0v) is 9.06. The van der Waals surface area contributed by atoms with E-state index in [1.54, 1.807) is 0 Å². The van der Waals surface area contributed by atoms with Crippen molar-refractivity contribution in [2.45, 2.75) is 38.8 Å². The van der Waals surface area contributed by atoms with Gasteiger partial charge in [0.15, 0.2) is 5.82 Å². The Kier molecular flexibility index (Phi) is 3.16. The first kappa shape index (κ1) is 10.4. The Labute approximate surface area is 89.9 Å². The topological polar surface area (TPSA) is 49.2 Å². The molecule has 0 saturated heterocycles. The molecule has 0 radical (unpaired) electrons. The quantitative estimate of drug-likeness (QED) is 0.791. The molecule has 0 bridgehead atoms. The van der Waals surface area contributed by atoms with E-state index < -0.39 is 0 Å². The molecule has 4 heteroatoms. The highest BCUT2D eigenvalue weighted by atomic mass is 16.3. The lowest BCUT2D eigenvalue weighted by Gasteiger charge is -2.22. The van der Waals surface area contributed by atoms with E-state index in [1.807, 2.05) is 12.1 Å². The Morgan fingerprint density at radius 1 is 1.40 bits per heavy atom. The first-order valence-electron chi connectivity index (χ1n) is 5.55. The highest BCUT2D eigenvalue weighted by Gasteiger charge is 2.29. The van der Waals surface area contributed by atoms with Gasteiger partial charge in [0, 0.05) is 12.6 Å². The fraction of sp³-hybridized carbons (Fsp3) is 0.636. The second kappa shape index (κ2) is 4.57. The summed E-state index contributed by atoms with van der Waals surface area (Å²) in [7, 11) is 0. The van der Waals surface area contributed by atoms with Gasteiger partial charge in [0.05, 0.1) is 12.3 Å². The lowest BCUT2D eigenvalue weighted by molar-refractivity contribution is 0.275. The number of aliphatic hydroxyl groups excluding tert-OH is 1. The third-order valence-corrected chi connectivity index (χ3v) is 2.61. The average molecular weight is 207 g/mol.